The van der Waals surface area contributed by atoms with E-state index in [1.807, 2.05) is 35.0 Å². The normalized spacial score (nSPS) is 11.0. The molecule has 4 aromatic rings. The van der Waals surface area contributed by atoms with E-state index in [4.69, 9.17) is 4.74 Å². The zero-order valence-electron chi connectivity index (χ0n) is 17.1. The predicted octanol–water partition coefficient (Wildman–Crippen LogP) is 3.71. The lowest BCUT2D eigenvalue weighted by Crippen LogP contribution is -2.15. The van der Waals surface area contributed by atoms with Crippen LogP contribution in [0, 0.1) is 10.1 Å². The maximum Gasteiger partial charge on any atom is 0.271 e. The molecule has 0 unspecified atom stereocenters. The van der Waals surface area contributed by atoms with Crippen molar-refractivity contribution in [3.63, 3.8) is 0 Å². The third-order valence-electron chi connectivity index (χ3n) is 4.74. The maximum absolute atomic E-state index is 12.4. The van der Waals surface area contributed by atoms with Gasteiger partial charge in [-0.15, -0.1) is 10.2 Å². The van der Waals surface area contributed by atoms with Crippen molar-refractivity contribution >= 4 is 39.9 Å². The Hall–Kier alpha value is -3.70. The summed E-state index contributed by atoms with van der Waals surface area (Å²) in [7, 11) is 1.62. The molecule has 4 rings (SSSR count). The summed E-state index contributed by atoms with van der Waals surface area (Å²) < 4.78 is 7.16. The number of H-pyrrole nitrogens is 1. The van der Waals surface area contributed by atoms with Gasteiger partial charge in [-0.05, 0) is 12.1 Å². The molecule has 0 aliphatic carbocycles. The molecule has 2 aromatic carbocycles. The minimum atomic E-state index is -0.505. The van der Waals surface area contributed by atoms with E-state index < -0.39 is 4.92 Å². The molecule has 1 amide bonds. The van der Waals surface area contributed by atoms with Crippen LogP contribution in [0.5, 0.6) is 0 Å². The first-order valence-electron chi connectivity index (χ1n) is 9.72. The van der Waals surface area contributed by atoms with E-state index >= 15 is 0 Å². The summed E-state index contributed by atoms with van der Waals surface area (Å²) in [6.07, 6.45) is 1.89. The van der Waals surface area contributed by atoms with Crippen molar-refractivity contribution < 1.29 is 14.5 Å². The summed E-state index contributed by atoms with van der Waals surface area (Å²) in [4.78, 5) is 26.1. The highest BCUT2D eigenvalue weighted by Crippen LogP contribution is 2.30. The number of nitrogens with zero attached hydrogens (tertiary/aromatic N) is 4. The maximum atomic E-state index is 12.4. The van der Waals surface area contributed by atoms with Gasteiger partial charge in [0.2, 0.25) is 5.91 Å². The molecule has 32 heavy (non-hydrogen) atoms. The van der Waals surface area contributed by atoms with E-state index in [0.29, 0.717) is 29.8 Å². The molecule has 0 spiro atoms. The Labute approximate surface area is 187 Å². The molecule has 0 bridgehead atoms. The topological polar surface area (TPSA) is 128 Å². The van der Waals surface area contributed by atoms with Gasteiger partial charge in [0.15, 0.2) is 11.0 Å². The molecule has 0 aliphatic heterocycles. The van der Waals surface area contributed by atoms with Crippen molar-refractivity contribution in [2.45, 2.75) is 11.7 Å². The zero-order valence-corrected chi connectivity index (χ0v) is 18.0. The number of non-ortho nitro benzene ring substituents is 1. The Morgan fingerprint density at radius 1 is 1.25 bits per heavy atom. The number of hydrogen-bond donors (Lipinski definition) is 2. The Morgan fingerprint density at radius 3 is 2.91 bits per heavy atom. The molecular weight excluding hydrogens is 432 g/mol. The first-order valence-corrected chi connectivity index (χ1v) is 10.7. The first kappa shape index (κ1) is 21.5. The van der Waals surface area contributed by atoms with Crippen molar-refractivity contribution in [1.82, 2.24) is 19.7 Å². The number of amides is 1. The average Bonchev–Trinajstić information content (AvgIpc) is 3.40. The molecule has 0 saturated carbocycles. The summed E-state index contributed by atoms with van der Waals surface area (Å²) in [5.74, 6) is 0.452. The van der Waals surface area contributed by atoms with Gasteiger partial charge in [0, 0.05) is 47.6 Å². The second-order valence-corrected chi connectivity index (χ2v) is 7.79. The number of ether oxygens (including phenoxy) is 1. The lowest BCUT2D eigenvalue weighted by atomic mass is 10.1. The number of benzene rings is 2. The van der Waals surface area contributed by atoms with Gasteiger partial charge in [-0.2, -0.15) is 0 Å². The summed E-state index contributed by atoms with van der Waals surface area (Å²) >= 11 is 1.24. The molecule has 2 heterocycles. The average molecular weight is 452 g/mol. The second-order valence-electron chi connectivity index (χ2n) is 6.84. The van der Waals surface area contributed by atoms with Crippen molar-refractivity contribution in [2.24, 2.45) is 0 Å². The lowest BCUT2D eigenvalue weighted by molar-refractivity contribution is -0.384. The van der Waals surface area contributed by atoms with Gasteiger partial charge in [0.1, 0.15) is 0 Å². The second kappa shape index (κ2) is 9.62. The van der Waals surface area contributed by atoms with Crippen LogP contribution in [0.25, 0.3) is 22.3 Å². The number of hydrogen-bond acceptors (Lipinski definition) is 7. The number of anilines is 1. The van der Waals surface area contributed by atoms with Gasteiger partial charge in [0.05, 0.1) is 23.8 Å². The summed E-state index contributed by atoms with van der Waals surface area (Å²) in [6.45, 7) is 0.980. The van der Waals surface area contributed by atoms with E-state index in [1.54, 1.807) is 13.2 Å². The van der Waals surface area contributed by atoms with Crippen LogP contribution in [-0.4, -0.2) is 50.0 Å². The molecule has 2 aromatic heterocycles. The minimum Gasteiger partial charge on any atom is -0.383 e. The Morgan fingerprint density at radius 2 is 2.09 bits per heavy atom. The van der Waals surface area contributed by atoms with Crippen molar-refractivity contribution in [3.05, 3.63) is 64.8 Å². The summed E-state index contributed by atoms with van der Waals surface area (Å²) in [6, 6.07) is 13.7. The van der Waals surface area contributed by atoms with Crippen LogP contribution in [0.3, 0.4) is 0 Å². The number of rotatable bonds is 9. The zero-order chi connectivity index (χ0) is 22.5. The highest BCUT2D eigenvalue weighted by atomic mass is 32.2. The number of nitro benzene ring substituents is 1. The standard InChI is InChI=1S/C21H20N6O4S/c1-31-10-9-26-20(17-12-22-18-8-3-2-7-16(17)18)24-25-21(26)32-13-19(28)23-14-5-4-6-15(11-14)27(29)30/h2-8,11-12,22H,9-10,13H2,1H3,(H,23,28). The van der Waals surface area contributed by atoms with Crippen LogP contribution in [0.2, 0.25) is 0 Å². The number of nitrogens with one attached hydrogen (secondary N) is 2. The van der Waals surface area contributed by atoms with Gasteiger partial charge in [0.25, 0.3) is 5.69 Å². The number of carbonyl (C=O) groups is 1. The lowest BCUT2D eigenvalue weighted by Gasteiger charge is -2.09. The van der Waals surface area contributed by atoms with Crippen LogP contribution < -0.4 is 5.32 Å². The van der Waals surface area contributed by atoms with Crippen LogP contribution >= 0.6 is 11.8 Å². The van der Waals surface area contributed by atoms with Crippen LogP contribution in [-0.2, 0) is 16.1 Å². The monoisotopic (exact) mass is 452 g/mol. The predicted molar refractivity (Wildman–Crippen MR) is 122 cm³/mol. The highest BCUT2D eigenvalue weighted by molar-refractivity contribution is 7.99. The van der Waals surface area contributed by atoms with Crippen molar-refractivity contribution in [2.75, 3.05) is 24.8 Å². The third-order valence-corrected chi connectivity index (χ3v) is 5.71. The van der Waals surface area contributed by atoms with Crippen LogP contribution in [0.1, 0.15) is 0 Å². The largest absolute Gasteiger partial charge is 0.383 e. The molecule has 0 saturated heterocycles. The van der Waals surface area contributed by atoms with E-state index in [1.165, 1.54) is 30.0 Å². The van der Waals surface area contributed by atoms with Gasteiger partial charge in [-0.3, -0.25) is 19.5 Å². The third kappa shape index (κ3) is 4.63. The van der Waals surface area contributed by atoms with Gasteiger partial charge >= 0.3 is 0 Å². The Kier molecular flexibility index (Phi) is 6.47. The number of fused-ring (bicyclic) bond motifs is 1. The van der Waals surface area contributed by atoms with E-state index in [0.717, 1.165) is 16.5 Å². The number of nitro groups is 1. The minimum absolute atomic E-state index is 0.0711. The SMILES string of the molecule is COCCn1c(SCC(=O)Nc2cccc([N+](=O)[O-])c2)nnc1-c1c[nH]c2ccccc12. The fraction of sp³-hybridized carbons (Fsp3) is 0.190. The molecule has 11 heteroatoms. The van der Waals surface area contributed by atoms with Crippen molar-refractivity contribution in [3.8, 4) is 11.4 Å². The van der Waals surface area contributed by atoms with E-state index in [2.05, 4.69) is 20.5 Å². The smallest absolute Gasteiger partial charge is 0.271 e. The fourth-order valence-corrected chi connectivity index (χ4v) is 4.02. The number of carbonyl (C=O) groups excluding carboxylic acids is 1. The number of aromatic amines is 1. The molecule has 10 nitrogen and oxygen atoms in total. The van der Waals surface area contributed by atoms with Gasteiger partial charge in [-0.1, -0.05) is 36.0 Å². The molecule has 2 N–H and O–H groups in total. The Bertz CT molecular complexity index is 1270. The molecule has 0 atom stereocenters. The number of methoxy groups -OCH3 is 1. The quantitative estimate of drug-likeness (QED) is 0.225. The molecule has 0 fully saturated rings. The molecule has 164 valence electrons. The van der Waals surface area contributed by atoms with E-state index in [9.17, 15) is 14.9 Å². The van der Waals surface area contributed by atoms with Gasteiger partial charge in [-0.25, -0.2) is 0 Å². The highest BCUT2D eigenvalue weighted by Gasteiger charge is 2.18. The number of para-hydroxylation sites is 1. The van der Waals surface area contributed by atoms with Crippen molar-refractivity contribution in [1.29, 1.82) is 0 Å². The van der Waals surface area contributed by atoms with Crippen LogP contribution in [0.4, 0.5) is 11.4 Å². The summed E-state index contributed by atoms with van der Waals surface area (Å²) in [5, 5.41) is 23.8. The first-order chi connectivity index (χ1) is 15.6. The summed E-state index contributed by atoms with van der Waals surface area (Å²) in [5.41, 5.74) is 2.19. The number of thioether (sulfide) groups is 1. The van der Waals surface area contributed by atoms with E-state index in [-0.39, 0.29) is 17.3 Å². The number of aromatic nitrogens is 4. The van der Waals surface area contributed by atoms with Crippen LogP contribution in [0.15, 0.2) is 59.9 Å². The molecule has 0 aliphatic rings. The molecular formula is C21H20N6O4S. The molecule has 0 radical (unpaired) electrons. The Balaban J connectivity index is 1.52. The fourth-order valence-electron chi connectivity index (χ4n) is 3.26. The van der Waals surface area contributed by atoms with Gasteiger partial charge < -0.3 is 15.0 Å².